The third-order valence-corrected chi connectivity index (χ3v) is 8.03. The number of hydrogen-bond acceptors (Lipinski definition) is 5. The van der Waals surface area contributed by atoms with Crippen LogP contribution in [-0.4, -0.2) is 32.2 Å². The van der Waals surface area contributed by atoms with Gasteiger partial charge in [0.1, 0.15) is 17.1 Å². The molecule has 0 amide bonds. The van der Waals surface area contributed by atoms with Crippen molar-refractivity contribution in [3.63, 3.8) is 0 Å². The van der Waals surface area contributed by atoms with E-state index in [0.29, 0.717) is 25.9 Å². The normalized spacial score (nSPS) is 13.4. The van der Waals surface area contributed by atoms with E-state index in [9.17, 15) is 9.59 Å². The highest BCUT2D eigenvalue weighted by molar-refractivity contribution is 6.76. The second-order valence-corrected chi connectivity index (χ2v) is 18.0. The second-order valence-electron chi connectivity index (χ2n) is 12.4. The average molecular weight is 541 g/mol. The van der Waals surface area contributed by atoms with Crippen molar-refractivity contribution < 1.29 is 23.8 Å². The van der Waals surface area contributed by atoms with E-state index in [2.05, 4.69) is 26.6 Å². The zero-order chi connectivity index (χ0) is 28.2. The van der Waals surface area contributed by atoms with Crippen molar-refractivity contribution in [3.05, 3.63) is 60.2 Å². The molecule has 2 aromatic rings. The highest BCUT2D eigenvalue weighted by atomic mass is 28.3. The van der Waals surface area contributed by atoms with Crippen LogP contribution in [0.15, 0.2) is 54.6 Å². The van der Waals surface area contributed by atoms with Crippen LogP contribution in [0.1, 0.15) is 65.4 Å². The second kappa shape index (κ2) is 15.1. The summed E-state index contributed by atoms with van der Waals surface area (Å²) in [7, 11) is -1.32. The summed E-state index contributed by atoms with van der Waals surface area (Å²) < 4.78 is 17.4. The Hall–Kier alpha value is -2.60. The molecular weight excluding hydrogens is 492 g/mol. The predicted molar refractivity (Wildman–Crippen MR) is 157 cm³/mol. The summed E-state index contributed by atoms with van der Waals surface area (Å²) in [6.07, 6.45) is 4.42. The van der Waals surface area contributed by atoms with Gasteiger partial charge in [-0.3, -0.25) is 9.59 Å². The number of aryl methyl sites for hydroxylation is 1. The Morgan fingerprint density at radius 1 is 0.842 bits per heavy atom. The van der Waals surface area contributed by atoms with Crippen LogP contribution in [0.2, 0.25) is 25.7 Å². The summed E-state index contributed by atoms with van der Waals surface area (Å²) in [5.74, 6) is 0.482. The SMILES string of the molecule is CCCC[C@@H](C[C@@H](CCc1ccc(Oc2ccccc2)cc1)C(=O)OCC[Si](C)(C)C)C(=O)OC(C)(C)C. The molecule has 0 saturated carbocycles. The van der Waals surface area contributed by atoms with Crippen molar-refractivity contribution >= 4 is 20.0 Å². The van der Waals surface area contributed by atoms with Crippen LogP contribution < -0.4 is 4.74 Å². The van der Waals surface area contributed by atoms with Crippen LogP contribution >= 0.6 is 0 Å². The van der Waals surface area contributed by atoms with Crippen molar-refractivity contribution in [3.8, 4) is 11.5 Å². The maximum atomic E-state index is 13.2. The maximum absolute atomic E-state index is 13.2. The van der Waals surface area contributed by atoms with Gasteiger partial charge in [0.15, 0.2) is 0 Å². The molecule has 0 aliphatic rings. The molecule has 2 atom stereocenters. The molecule has 2 aromatic carbocycles. The molecule has 0 aromatic heterocycles. The van der Waals surface area contributed by atoms with Crippen LogP contribution in [0.5, 0.6) is 11.5 Å². The molecule has 0 aliphatic carbocycles. The largest absolute Gasteiger partial charge is 0.466 e. The number of rotatable bonds is 15. The zero-order valence-corrected chi connectivity index (χ0v) is 25.5. The quantitative estimate of drug-likeness (QED) is 0.167. The van der Waals surface area contributed by atoms with Crippen molar-refractivity contribution in [1.82, 2.24) is 0 Å². The van der Waals surface area contributed by atoms with E-state index in [1.165, 1.54) is 0 Å². The summed E-state index contributed by atoms with van der Waals surface area (Å²) in [5.41, 5.74) is 0.561. The Balaban J connectivity index is 2.10. The monoisotopic (exact) mass is 540 g/mol. The number of esters is 2. The minimum absolute atomic E-state index is 0.197. The molecule has 0 spiro atoms. The number of benzene rings is 2. The van der Waals surface area contributed by atoms with E-state index in [1.54, 1.807) is 0 Å². The molecule has 0 N–H and O–H groups in total. The van der Waals surface area contributed by atoms with E-state index >= 15 is 0 Å². The first-order valence-electron chi connectivity index (χ1n) is 14.1. The number of unbranched alkanes of at least 4 members (excludes halogenated alkanes) is 1. The molecule has 0 fully saturated rings. The van der Waals surface area contributed by atoms with Crippen LogP contribution in [0.25, 0.3) is 0 Å². The van der Waals surface area contributed by atoms with Crippen molar-refractivity contribution in [2.45, 2.75) is 97.5 Å². The first-order chi connectivity index (χ1) is 17.9. The van der Waals surface area contributed by atoms with Crippen molar-refractivity contribution in [1.29, 1.82) is 0 Å². The molecule has 0 unspecified atom stereocenters. The predicted octanol–water partition coefficient (Wildman–Crippen LogP) is 8.45. The van der Waals surface area contributed by atoms with E-state index in [1.807, 2.05) is 75.4 Å². The fourth-order valence-corrected chi connectivity index (χ4v) is 4.82. The lowest BCUT2D eigenvalue weighted by molar-refractivity contribution is -0.162. The molecule has 0 aliphatic heterocycles. The zero-order valence-electron chi connectivity index (χ0n) is 24.5. The lowest BCUT2D eigenvalue weighted by atomic mass is 9.87. The molecule has 0 heterocycles. The summed E-state index contributed by atoms with van der Waals surface area (Å²) in [6.45, 7) is 15.0. The van der Waals surface area contributed by atoms with Crippen molar-refractivity contribution in [2.24, 2.45) is 11.8 Å². The Morgan fingerprint density at radius 3 is 2.03 bits per heavy atom. The van der Waals surface area contributed by atoms with Gasteiger partial charge in [-0.2, -0.15) is 0 Å². The summed E-state index contributed by atoms with van der Waals surface area (Å²) in [4.78, 5) is 26.3. The Labute approximate surface area is 231 Å². The molecule has 0 saturated heterocycles. The first kappa shape index (κ1) is 31.6. The van der Waals surface area contributed by atoms with Gasteiger partial charge in [-0.25, -0.2) is 0 Å². The minimum Gasteiger partial charge on any atom is -0.466 e. The topological polar surface area (TPSA) is 61.8 Å². The number of carbonyl (C=O) groups excluding carboxylic acids is 2. The van der Waals surface area contributed by atoms with E-state index < -0.39 is 13.7 Å². The highest BCUT2D eigenvalue weighted by Gasteiger charge is 2.31. The van der Waals surface area contributed by atoms with Crippen LogP contribution in [-0.2, 0) is 25.5 Å². The van der Waals surface area contributed by atoms with E-state index in [4.69, 9.17) is 14.2 Å². The van der Waals surface area contributed by atoms with Gasteiger partial charge in [0.25, 0.3) is 0 Å². The van der Waals surface area contributed by atoms with Crippen LogP contribution in [0, 0.1) is 11.8 Å². The molecule has 210 valence electrons. The maximum Gasteiger partial charge on any atom is 0.309 e. The molecule has 6 heteroatoms. The Bertz CT molecular complexity index is 974. The van der Waals surface area contributed by atoms with Gasteiger partial charge in [0.05, 0.1) is 18.4 Å². The third kappa shape index (κ3) is 12.8. The molecule has 0 radical (unpaired) electrons. The van der Waals surface area contributed by atoms with Gasteiger partial charge in [-0.15, -0.1) is 0 Å². The summed E-state index contributed by atoms with van der Waals surface area (Å²) in [5, 5.41) is 0. The van der Waals surface area contributed by atoms with Gasteiger partial charge in [0, 0.05) is 8.07 Å². The van der Waals surface area contributed by atoms with Gasteiger partial charge >= 0.3 is 11.9 Å². The molecule has 0 bridgehead atoms. The number of hydrogen-bond donors (Lipinski definition) is 0. The molecular formula is C32H48O5Si. The fourth-order valence-electron chi connectivity index (χ4n) is 4.11. The lowest BCUT2D eigenvalue weighted by Crippen LogP contribution is -2.32. The molecule has 2 rings (SSSR count). The fraction of sp³-hybridized carbons (Fsp3) is 0.562. The molecule has 38 heavy (non-hydrogen) atoms. The number of para-hydroxylation sites is 1. The van der Waals surface area contributed by atoms with Crippen molar-refractivity contribution in [2.75, 3.05) is 6.61 Å². The minimum atomic E-state index is -1.32. The van der Waals surface area contributed by atoms with Gasteiger partial charge in [-0.05, 0) is 82.3 Å². The van der Waals surface area contributed by atoms with Crippen LogP contribution in [0.3, 0.4) is 0 Å². The molecule has 5 nitrogen and oxygen atoms in total. The van der Waals surface area contributed by atoms with E-state index in [-0.39, 0.29) is 23.8 Å². The number of ether oxygens (including phenoxy) is 3. The lowest BCUT2D eigenvalue weighted by Gasteiger charge is -2.26. The third-order valence-electron chi connectivity index (χ3n) is 6.33. The Kier molecular flexibility index (Phi) is 12.6. The average Bonchev–Trinajstić information content (AvgIpc) is 2.83. The highest BCUT2D eigenvalue weighted by Crippen LogP contribution is 2.28. The van der Waals surface area contributed by atoms with Gasteiger partial charge in [0.2, 0.25) is 0 Å². The Morgan fingerprint density at radius 2 is 1.45 bits per heavy atom. The summed E-state index contributed by atoms with van der Waals surface area (Å²) in [6, 6.07) is 18.6. The smallest absolute Gasteiger partial charge is 0.309 e. The van der Waals surface area contributed by atoms with Gasteiger partial charge < -0.3 is 14.2 Å². The standard InChI is InChI=1S/C32H48O5Si/c1-8-9-13-26(31(34)37-32(2,3)4)24-27(30(33)35-22-23-38(5,6)7)19-16-25-17-20-29(21-18-25)36-28-14-11-10-12-15-28/h10-12,14-15,17-18,20-21,26-27H,8-9,13,16,19,22-24H2,1-7H3/t26-,27+/m0/s1. The number of carbonyl (C=O) groups is 2. The van der Waals surface area contributed by atoms with Gasteiger partial charge in [-0.1, -0.05) is 69.7 Å². The summed E-state index contributed by atoms with van der Waals surface area (Å²) >= 11 is 0. The van der Waals surface area contributed by atoms with Crippen LogP contribution in [0.4, 0.5) is 0 Å². The first-order valence-corrected chi connectivity index (χ1v) is 17.8. The van der Waals surface area contributed by atoms with E-state index in [0.717, 1.165) is 42.4 Å².